The van der Waals surface area contributed by atoms with Gasteiger partial charge in [-0.1, -0.05) is 47.7 Å². The summed E-state index contributed by atoms with van der Waals surface area (Å²) >= 11 is 0. The molecule has 0 N–H and O–H groups in total. The smallest absolute Gasteiger partial charge is 0.276 e. The first-order chi connectivity index (χ1) is 12.6. The second-order valence-electron chi connectivity index (χ2n) is 6.18. The van der Waals surface area contributed by atoms with Gasteiger partial charge in [0.1, 0.15) is 5.75 Å². The number of nitrogens with zero attached hydrogens (tertiary/aromatic N) is 4. The van der Waals surface area contributed by atoms with Crippen molar-refractivity contribution in [2.24, 2.45) is 0 Å². The Balaban J connectivity index is 1.70. The maximum Gasteiger partial charge on any atom is 0.276 e. The highest BCUT2D eigenvalue weighted by molar-refractivity contribution is 5.93. The zero-order chi connectivity index (χ0) is 18.5. The van der Waals surface area contributed by atoms with Gasteiger partial charge in [-0.2, -0.15) is 0 Å². The van der Waals surface area contributed by atoms with Crippen LogP contribution in [0.5, 0.6) is 5.75 Å². The van der Waals surface area contributed by atoms with E-state index in [0.29, 0.717) is 18.8 Å². The lowest BCUT2D eigenvalue weighted by Gasteiger charge is -2.16. The van der Waals surface area contributed by atoms with Crippen LogP contribution in [0.4, 0.5) is 0 Å². The third-order valence-electron chi connectivity index (χ3n) is 4.29. The van der Waals surface area contributed by atoms with Gasteiger partial charge in [-0.15, -0.1) is 5.10 Å². The molecular formula is C20H22N4O2. The number of rotatable bonds is 6. The van der Waals surface area contributed by atoms with Gasteiger partial charge in [-0.3, -0.25) is 4.79 Å². The van der Waals surface area contributed by atoms with Gasteiger partial charge in [0, 0.05) is 13.6 Å². The predicted molar refractivity (Wildman–Crippen MR) is 99.1 cm³/mol. The van der Waals surface area contributed by atoms with Crippen molar-refractivity contribution in [1.82, 2.24) is 19.9 Å². The van der Waals surface area contributed by atoms with Crippen LogP contribution in [0.2, 0.25) is 0 Å². The Kier molecular flexibility index (Phi) is 5.31. The van der Waals surface area contributed by atoms with Crippen molar-refractivity contribution >= 4 is 5.91 Å². The normalized spacial score (nSPS) is 10.6. The Labute approximate surface area is 153 Å². The molecule has 0 atom stereocenters. The van der Waals surface area contributed by atoms with Gasteiger partial charge in [0.25, 0.3) is 5.91 Å². The quantitative estimate of drug-likeness (QED) is 0.686. The number of hydrogen-bond donors (Lipinski definition) is 0. The summed E-state index contributed by atoms with van der Waals surface area (Å²) in [6.07, 6.45) is 0. The molecule has 134 valence electrons. The largest absolute Gasteiger partial charge is 0.497 e. The Morgan fingerprint density at radius 2 is 1.77 bits per heavy atom. The summed E-state index contributed by atoms with van der Waals surface area (Å²) in [6.45, 7) is 2.96. The minimum Gasteiger partial charge on any atom is -0.497 e. The van der Waals surface area contributed by atoms with Crippen molar-refractivity contribution in [2.45, 2.75) is 20.0 Å². The first-order valence-electron chi connectivity index (χ1n) is 8.41. The summed E-state index contributed by atoms with van der Waals surface area (Å²) in [4.78, 5) is 14.4. The summed E-state index contributed by atoms with van der Waals surface area (Å²) in [6, 6.07) is 17.7. The van der Waals surface area contributed by atoms with E-state index < -0.39 is 0 Å². The third kappa shape index (κ3) is 3.91. The van der Waals surface area contributed by atoms with Gasteiger partial charge in [0.05, 0.1) is 19.3 Å². The van der Waals surface area contributed by atoms with Gasteiger partial charge in [-0.05, 0) is 30.2 Å². The molecule has 26 heavy (non-hydrogen) atoms. The fourth-order valence-electron chi connectivity index (χ4n) is 2.72. The lowest BCUT2D eigenvalue weighted by molar-refractivity contribution is 0.0778. The van der Waals surface area contributed by atoms with Crippen molar-refractivity contribution in [1.29, 1.82) is 0 Å². The maximum atomic E-state index is 12.7. The van der Waals surface area contributed by atoms with Crippen molar-refractivity contribution in [2.75, 3.05) is 14.2 Å². The molecule has 0 aliphatic heterocycles. The third-order valence-corrected chi connectivity index (χ3v) is 4.29. The molecule has 0 aliphatic carbocycles. The topological polar surface area (TPSA) is 60.2 Å². The van der Waals surface area contributed by atoms with Crippen molar-refractivity contribution in [3.8, 4) is 5.75 Å². The average molecular weight is 350 g/mol. The van der Waals surface area contributed by atoms with E-state index >= 15 is 0 Å². The highest BCUT2D eigenvalue weighted by atomic mass is 16.5. The number of carbonyl (C=O) groups excluding carboxylic acids is 1. The van der Waals surface area contributed by atoms with Gasteiger partial charge in [0.15, 0.2) is 5.69 Å². The Morgan fingerprint density at radius 3 is 2.42 bits per heavy atom. The lowest BCUT2D eigenvalue weighted by atomic mass is 10.2. The molecule has 1 heterocycles. The summed E-state index contributed by atoms with van der Waals surface area (Å²) in [5.41, 5.74) is 3.29. The van der Waals surface area contributed by atoms with Crippen LogP contribution in [-0.4, -0.2) is 40.0 Å². The summed E-state index contributed by atoms with van der Waals surface area (Å²) < 4.78 is 6.91. The van der Waals surface area contributed by atoms with Crippen molar-refractivity contribution < 1.29 is 9.53 Å². The molecule has 1 aromatic heterocycles. The molecule has 0 saturated carbocycles. The van der Waals surface area contributed by atoms with Crippen LogP contribution >= 0.6 is 0 Å². The van der Waals surface area contributed by atoms with Gasteiger partial charge >= 0.3 is 0 Å². The van der Waals surface area contributed by atoms with Crippen molar-refractivity contribution in [3.05, 3.63) is 77.1 Å². The van der Waals surface area contributed by atoms with Crippen LogP contribution in [0.3, 0.4) is 0 Å². The van der Waals surface area contributed by atoms with Crippen LogP contribution in [0, 0.1) is 6.92 Å². The second kappa shape index (κ2) is 7.82. The molecule has 0 spiro atoms. The summed E-state index contributed by atoms with van der Waals surface area (Å²) in [5, 5.41) is 8.25. The zero-order valence-corrected chi connectivity index (χ0v) is 15.2. The molecule has 6 nitrogen and oxygen atoms in total. The fourth-order valence-corrected chi connectivity index (χ4v) is 2.72. The van der Waals surface area contributed by atoms with E-state index in [2.05, 4.69) is 10.3 Å². The van der Waals surface area contributed by atoms with Crippen LogP contribution in [0.25, 0.3) is 0 Å². The summed E-state index contributed by atoms with van der Waals surface area (Å²) in [7, 11) is 3.40. The van der Waals surface area contributed by atoms with E-state index in [0.717, 1.165) is 22.6 Å². The molecule has 0 fully saturated rings. The SMILES string of the molecule is COc1ccc(CN(C)C(=O)c2nnn(Cc3ccccc3)c2C)cc1. The molecule has 0 aliphatic rings. The van der Waals surface area contributed by atoms with Gasteiger partial charge < -0.3 is 9.64 Å². The molecule has 0 radical (unpaired) electrons. The number of amides is 1. The number of aromatic nitrogens is 3. The number of ether oxygens (including phenoxy) is 1. The van der Waals surface area contributed by atoms with Crippen molar-refractivity contribution in [3.63, 3.8) is 0 Å². The van der Waals surface area contributed by atoms with E-state index in [4.69, 9.17) is 4.74 Å². The standard InChI is InChI=1S/C20H22N4O2/c1-15-19(21-22-24(15)14-16-7-5-4-6-8-16)20(25)23(2)13-17-9-11-18(26-3)12-10-17/h4-12H,13-14H2,1-3H3. The van der Waals surface area contributed by atoms with Crippen LogP contribution in [0.1, 0.15) is 27.3 Å². The Hall–Kier alpha value is -3.15. The molecule has 0 saturated heterocycles. The number of methoxy groups -OCH3 is 1. The molecule has 3 aromatic rings. The van der Waals surface area contributed by atoms with E-state index in [1.165, 1.54) is 0 Å². The lowest BCUT2D eigenvalue weighted by Crippen LogP contribution is -2.27. The molecule has 1 amide bonds. The van der Waals surface area contributed by atoms with E-state index in [1.807, 2.05) is 61.5 Å². The second-order valence-corrected chi connectivity index (χ2v) is 6.18. The highest BCUT2D eigenvalue weighted by Gasteiger charge is 2.20. The first-order valence-corrected chi connectivity index (χ1v) is 8.41. The molecular weight excluding hydrogens is 328 g/mol. The van der Waals surface area contributed by atoms with Crippen LogP contribution in [0.15, 0.2) is 54.6 Å². The molecule has 0 bridgehead atoms. The minimum absolute atomic E-state index is 0.141. The molecule has 0 unspecified atom stereocenters. The molecule has 6 heteroatoms. The van der Waals surface area contributed by atoms with Gasteiger partial charge in [-0.25, -0.2) is 4.68 Å². The highest BCUT2D eigenvalue weighted by Crippen LogP contribution is 2.15. The molecule has 3 rings (SSSR count). The maximum absolute atomic E-state index is 12.7. The van der Waals surface area contributed by atoms with Gasteiger partial charge in [0.2, 0.25) is 0 Å². The average Bonchev–Trinajstić information content (AvgIpc) is 3.03. The Morgan fingerprint density at radius 1 is 1.08 bits per heavy atom. The van der Waals surface area contributed by atoms with E-state index in [9.17, 15) is 4.79 Å². The minimum atomic E-state index is -0.141. The zero-order valence-electron chi connectivity index (χ0n) is 15.2. The monoisotopic (exact) mass is 350 g/mol. The van der Waals surface area contributed by atoms with E-state index in [-0.39, 0.29) is 5.91 Å². The van der Waals surface area contributed by atoms with Crippen LogP contribution < -0.4 is 4.74 Å². The number of hydrogen-bond acceptors (Lipinski definition) is 4. The fraction of sp³-hybridized carbons (Fsp3) is 0.250. The Bertz CT molecular complexity index is 873. The predicted octanol–water partition coefficient (Wildman–Crippen LogP) is 2.92. The number of carbonyl (C=O) groups is 1. The number of benzene rings is 2. The van der Waals surface area contributed by atoms with E-state index in [1.54, 1.807) is 23.7 Å². The molecule has 2 aromatic carbocycles. The summed E-state index contributed by atoms with van der Waals surface area (Å²) in [5.74, 6) is 0.653. The first kappa shape index (κ1) is 17.7. The van der Waals surface area contributed by atoms with Crippen LogP contribution in [-0.2, 0) is 13.1 Å².